The number of hydrogen-bond donors (Lipinski definition) is 1. The van der Waals surface area contributed by atoms with Gasteiger partial charge in [0.05, 0.1) is 25.4 Å². The molecule has 0 spiro atoms. The van der Waals surface area contributed by atoms with E-state index in [9.17, 15) is 0 Å². The molecule has 17 heavy (non-hydrogen) atoms. The maximum atomic E-state index is 6.05. The number of likely N-dealkylation sites (N-methyl/N-ethyl adjacent to an activating group) is 1. The van der Waals surface area contributed by atoms with Crippen LogP contribution in [0.3, 0.4) is 0 Å². The van der Waals surface area contributed by atoms with E-state index in [1.165, 1.54) is 19.3 Å². The summed E-state index contributed by atoms with van der Waals surface area (Å²) >= 11 is 0. The highest BCUT2D eigenvalue weighted by molar-refractivity contribution is 4.83. The molecule has 0 heterocycles. The molecule has 1 aliphatic rings. The molecule has 1 N–H and O–H groups in total. The molecule has 3 unspecified atom stereocenters. The first-order chi connectivity index (χ1) is 7.96. The van der Waals surface area contributed by atoms with Crippen molar-refractivity contribution in [3.63, 3.8) is 0 Å². The molecule has 0 bridgehead atoms. The minimum absolute atomic E-state index is 0.306. The Morgan fingerprint density at radius 2 is 2.00 bits per heavy atom. The average Bonchev–Trinajstić information content (AvgIpc) is 2.21. The second kappa shape index (κ2) is 6.72. The van der Waals surface area contributed by atoms with Gasteiger partial charge in [0.25, 0.3) is 0 Å². The van der Waals surface area contributed by atoms with Crippen molar-refractivity contribution < 1.29 is 9.47 Å². The molecule has 1 rings (SSSR count). The predicted octanol–water partition coefficient (Wildman–Crippen LogP) is 2.45. The smallest absolute Gasteiger partial charge is 0.0645 e. The summed E-state index contributed by atoms with van der Waals surface area (Å²) in [5.41, 5.74) is 0.429. The molecule has 0 aliphatic heterocycles. The van der Waals surface area contributed by atoms with E-state index in [-0.39, 0.29) is 0 Å². The van der Waals surface area contributed by atoms with Gasteiger partial charge in [-0.15, -0.1) is 0 Å². The van der Waals surface area contributed by atoms with Crippen LogP contribution < -0.4 is 5.32 Å². The summed E-state index contributed by atoms with van der Waals surface area (Å²) in [6.07, 6.45) is 4.12. The van der Waals surface area contributed by atoms with Crippen LogP contribution in [0, 0.1) is 11.3 Å². The third-order valence-electron chi connectivity index (χ3n) is 3.66. The van der Waals surface area contributed by atoms with Gasteiger partial charge in [0, 0.05) is 7.11 Å². The monoisotopic (exact) mass is 243 g/mol. The van der Waals surface area contributed by atoms with Crippen molar-refractivity contribution in [1.29, 1.82) is 0 Å². The maximum absolute atomic E-state index is 6.05. The summed E-state index contributed by atoms with van der Waals surface area (Å²) in [4.78, 5) is 0. The molecular weight excluding hydrogens is 214 g/mol. The van der Waals surface area contributed by atoms with Crippen molar-refractivity contribution >= 4 is 0 Å². The van der Waals surface area contributed by atoms with Gasteiger partial charge < -0.3 is 14.8 Å². The van der Waals surface area contributed by atoms with Crippen LogP contribution in [0.15, 0.2) is 0 Å². The van der Waals surface area contributed by atoms with Crippen molar-refractivity contribution in [3.05, 3.63) is 0 Å². The molecule has 0 aromatic heterocycles. The molecule has 0 aromatic carbocycles. The second-order valence-electron chi connectivity index (χ2n) is 6.31. The van der Waals surface area contributed by atoms with Crippen LogP contribution in [-0.4, -0.2) is 39.5 Å². The Morgan fingerprint density at radius 1 is 1.29 bits per heavy atom. The third-order valence-corrected chi connectivity index (χ3v) is 3.66. The summed E-state index contributed by atoms with van der Waals surface area (Å²) in [7, 11) is 3.69. The maximum Gasteiger partial charge on any atom is 0.0645 e. The standard InChI is InChI=1S/C14H29NO2/c1-11-6-13(8-14(2,3)7-11)17-10-12(15-4)9-16-5/h11-13,15H,6-10H2,1-5H3. The zero-order valence-electron chi connectivity index (χ0n) is 12.1. The van der Waals surface area contributed by atoms with E-state index < -0.39 is 0 Å². The van der Waals surface area contributed by atoms with Gasteiger partial charge in [-0.25, -0.2) is 0 Å². The van der Waals surface area contributed by atoms with Crippen molar-refractivity contribution in [2.24, 2.45) is 11.3 Å². The Hall–Kier alpha value is -0.120. The first-order valence-corrected chi connectivity index (χ1v) is 6.74. The van der Waals surface area contributed by atoms with Gasteiger partial charge in [-0.3, -0.25) is 0 Å². The summed E-state index contributed by atoms with van der Waals surface area (Å²) in [6.45, 7) is 8.50. The van der Waals surface area contributed by atoms with E-state index in [0.717, 1.165) is 12.5 Å². The highest BCUT2D eigenvalue weighted by atomic mass is 16.5. The Balaban J connectivity index is 2.35. The van der Waals surface area contributed by atoms with Crippen LogP contribution >= 0.6 is 0 Å². The minimum Gasteiger partial charge on any atom is -0.383 e. The lowest BCUT2D eigenvalue weighted by molar-refractivity contribution is -0.0365. The van der Waals surface area contributed by atoms with Crippen molar-refractivity contribution in [2.45, 2.75) is 52.2 Å². The number of ether oxygens (including phenoxy) is 2. The Kier molecular flexibility index (Phi) is 5.90. The van der Waals surface area contributed by atoms with E-state index in [0.29, 0.717) is 24.2 Å². The lowest BCUT2D eigenvalue weighted by Crippen LogP contribution is -2.39. The van der Waals surface area contributed by atoms with Gasteiger partial charge in [0.2, 0.25) is 0 Å². The quantitative estimate of drug-likeness (QED) is 0.777. The summed E-state index contributed by atoms with van der Waals surface area (Å²) < 4.78 is 11.2. The van der Waals surface area contributed by atoms with Crippen LogP contribution in [0.4, 0.5) is 0 Å². The zero-order valence-corrected chi connectivity index (χ0v) is 12.1. The second-order valence-corrected chi connectivity index (χ2v) is 6.31. The fraction of sp³-hybridized carbons (Fsp3) is 1.00. The molecule has 0 saturated heterocycles. The topological polar surface area (TPSA) is 30.5 Å². The average molecular weight is 243 g/mol. The van der Waals surface area contributed by atoms with E-state index in [2.05, 4.69) is 26.1 Å². The lowest BCUT2D eigenvalue weighted by Gasteiger charge is -2.39. The number of hydrogen-bond acceptors (Lipinski definition) is 3. The summed E-state index contributed by atoms with van der Waals surface area (Å²) in [6, 6.07) is 0.306. The molecule has 1 saturated carbocycles. The first-order valence-electron chi connectivity index (χ1n) is 6.74. The van der Waals surface area contributed by atoms with Crippen molar-refractivity contribution in [2.75, 3.05) is 27.4 Å². The molecule has 3 atom stereocenters. The van der Waals surface area contributed by atoms with Gasteiger partial charge in [-0.2, -0.15) is 0 Å². The van der Waals surface area contributed by atoms with Crippen LogP contribution in [0.1, 0.15) is 40.0 Å². The molecule has 0 amide bonds. The predicted molar refractivity (Wildman–Crippen MR) is 71.3 cm³/mol. The van der Waals surface area contributed by atoms with Crippen LogP contribution in [-0.2, 0) is 9.47 Å². The highest BCUT2D eigenvalue weighted by Gasteiger charge is 2.32. The van der Waals surface area contributed by atoms with Gasteiger partial charge in [-0.1, -0.05) is 20.8 Å². The molecule has 0 radical (unpaired) electrons. The van der Waals surface area contributed by atoms with Crippen LogP contribution in [0.2, 0.25) is 0 Å². The summed E-state index contributed by atoms with van der Waals surface area (Å²) in [5.74, 6) is 0.777. The van der Waals surface area contributed by atoms with E-state index in [4.69, 9.17) is 9.47 Å². The van der Waals surface area contributed by atoms with Crippen molar-refractivity contribution in [3.8, 4) is 0 Å². The van der Waals surface area contributed by atoms with Gasteiger partial charge in [-0.05, 0) is 37.6 Å². The largest absolute Gasteiger partial charge is 0.383 e. The molecule has 102 valence electrons. The SMILES string of the molecule is CNC(COC)COC1CC(C)CC(C)(C)C1. The fourth-order valence-corrected chi connectivity index (χ4v) is 3.05. The summed E-state index contributed by atoms with van der Waals surface area (Å²) in [5, 5.41) is 3.22. The first kappa shape index (κ1) is 14.9. The molecule has 0 aromatic rings. The molecular formula is C14H29NO2. The molecule has 1 aliphatic carbocycles. The fourth-order valence-electron chi connectivity index (χ4n) is 3.05. The molecule has 3 heteroatoms. The third kappa shape index (κ3) is 5.36. The molecule has 1 fully saturated rings. The van der Waals surface area contributed by atoms with Gasteiger partial charge in [0.1, 0.15) is 0 Å². The Bertz CT molecular complexity index is 218. The Morgan fingerprint density at radius 3 is 2.53 bits per heavy atom. The lowest BCUT2D eigenvalue weighted by atomic mass is 9.71. The van der Waals surface area contributed by atoms with Gasteiger partial charge >= 0.3 is 0 Å². The number of nitrogens with one attached hydrogen (secondary N) is 1. The minimum atomic E-state index is 0.306. The van der Waals surface area contributed by atoms with Gasteiger partial charge in [0.15, 0.2) is 0 Å². The normalized spacial score (nSPS) is 30.2. The zero-order chi connectivity index (χ0) is 12.9. The van der Waals surface area contributed by atoms with E-state index in [1.807, 2.05) is 7.05 Å². The number of rotatable bonds is 6. The highest BCUT2D eigenvalue weighted by Crippen LogP contribution is 2.39. The van der Waals surface area contributed by atoms with Crippen LogP contribution in [0.25, 0.3) is 0 Å². The molecule has 3 nitrogen and oxygen atoms in total. The Labute approximate surface area is 106 Å². The van der Waals surface area contributed by atoms with E-state index in [1.54, 1.807) is 7.11 Å². The van der Waals surface area contributed by atoms with Crippen molar-refractivity contribution in [1.82, 2.24) is 5.32 Å². The van der Waals surface area contributed by atoms with Crippen LogP contribution in [0.5, 0.6) is 0 Å². The van der Waals surface area contributed by atoms with E-state index >= 15 is 0 Å². The number of methoxy groups -OCH3 is 1.